The van der Waals surface area contributed by atoms with E-state index in [-0.39, 0.29) is 29.5 Å². The number of aryl methyl sites for hydroxylation is 1. The van der Waals surface area contributed by atoms with E-state index in [2.05, 4.69) is 33.8 Å². The van der Waals surface area contributed by atoms with E-state index in [0.717, 1.165) is 35.3 Å². The number of carbonyl (C=O) groups is 2. The lowest BCUT2D eigenvalue weighted by molar-refractivity contribution is -0.160. The molecule has 0 aromatic heterocycles. The molecule has 4 heteroatoms. The van der Waals surface area contributed by atoms with Crippen molar-refractivity contribution in [2.24, 2.45) is 11.3 Å². The van der Waals surface area contributed by atoms with Gasteiger partial charge in [-0.15, -0.1) is 0 Å². The average Bonchev–Trinajstić information content (AvgIpc) is 2.58. The summed E-state index contributed by atoms with van der Waals surface area (Å²) in [6.07, 6.45) is 2.56. The first kappa shape index (κ1) is 18.9. The Hall–Kier alpha value is -1.84. The van der Waals surface area contributed by atoms with Gasteiger partial charge < -0.3 is 9.47 Å². The number of ketones is 1. The van der Waals surface area contributed by atoms with Crippen LogP contribution < -0.4 is 4.74 Å². The van der Waals surface area contributed by atoms with Gasteiger partial charge in [0, 0.05) is 12.8 Å². The van der Waals surface area contributed by atoms with Gasteiger partial charge in [-0.1, -0.05) is 33.8 Å². The van der Waals surface area contributed by atoms with Crippen molar-refractivity contribution in [2.45, 2.75) is 64.7 Å². The third-order valence-corrected chi connectivity index (χ3v) is 6.48. The fraction of sp³-hybridized carbons (Fsp3) is 0.636. The summed E-state index contributed by atoms with van der Waals surface area (Å²) in [4.78, 5) is 25.8. The average molecular weight is 358 g/mol. The normalized spacial score (nSPS) is 26.9. The molecule has 0 radical (unpaired) electrons. The van der Waals surface area contributed by atoms with Crippen LogP contribution in [0.5, 0.6) is 5.75 Å². The van der Waals surface area contributed by atoms with Gasteiger partial charge in [-0.25, -0.2) is 0 Å². The first-order valence-corrected chi connectivity index (χ1v) is 9.48. The Bertz CT molecular complexity index is 747. The van der Waals surface area contributed by atoms with Gasteiger partial charge in [0.05, 0.1) is 14.2 Å². The van der Waals surface area contributed by atoms with Gasteiger partial charge in [-0.2, -0.15) is 0 Å². The number of hydrogen-bond acceptors (Lipinski definition) is 4. The van der Waals surface area contributed by atoms with Crippen LogP contribution in [-0.2, 0) is 26.2 Å². The topological polar surface area (TPSA) is 52.6 Å². The first-order chi connectivity index (χ1) is 12.2. The summed E-state index contributed by atoms with van der Waals surface area (Å²) >= 11 is 0. The van der Waals surface area contributed by atoms with Crippen LogP contribution >= 0.6 is 0 Å². The highest BCUT2D eigenvalue weighted by Gasteiger charge is 2.60. The maximum absolute atomic E-state index is 13.1. The highest BCUT2D eigenvalue weighted by atomic mass is 16.5. The smallest absolute Gasteiger partial charge is 0.317 e. The molecule has 0 aliphatic heterocycles. The molecule has 0 spiro atoms. The zero-order chi connectivity index (χ0) is 19.3. The van der Waals surface area contributed by atoms with E-state index >= 15 is 0 Å². The molecule has 2 aliphatic carbocycles. The van der Waals surface area contributed by atoms with Gasteiger partial charge in [0.15, 0.2) is 0 Å². The molecule has 1 aromatic rings. The van der Waals surface area contributed by atoms with Crippen LogP contribution in [0.2, 0.25) is 0 Å². The molecule has 3 rings (SSSR count). The van der Waals surface area contributed by atoms with Crippen molar-refractivity contribution >= 4 is 11.8 Å². The van der Waals surface area contributed by atoms with Crippen molar-refractivity contribution in [1.29, 1.82) is 0 Å². The quantitative estimate of drug-likeness (QED) is 0.761. The molecule has 26 heavy (non-hydrogen) atoms. The Labute approximate surface area is 156 Å². The Kier molecular flexibility index (Phi) is 4.66. The number of benzene rings is 1. The molecule has 4 nitrogen and oxygen atoms in total. The standard InChI is InChI=1S/C22H30O4/c1-13(2)16-9-14-7-8-19-21(3,4)11-15(23)12-22(19,20(24)26-6)17(14)10-18(16)25-5/h9-10,13,19H,7-8,11-12H2,1-6H3/t19-,22-/m0/s1. The third-order valence-electron chi connectivity index (χ3n) is 6.48. The summed E-state index contributed by atoms with van der Waals surface area (Å²) < 4.78 is 10.9. The lowest BCUT2D eigenvalue weighted by Gasteiger charge is -2.53. The second kappa shape index (κ2) is 6.40. The van der Waals surface area contributed by atoms with E-state index in [0.29, 0.717) is 12.3 Å². The van der Waals surface area contributed by atoms with Crippen molar-refractivity contribution in [3.63, 3.8) is 0 Å². The monoisotopic (exact) mass is 358 g/mol. The maximum Gasteiger partial charge on any atom is 0.317 e. The number of fused-ring (bicyclic) bond motifs is 3. The molecule has 1 saturated carbocycles. The molecular formula is C22H30O4. The van der Waals surface area contributed by atoms with Gasteiger partial charge in [0.2, 0.25) is 0 Å². The second-order valence-corrected chi connectivity index (χ2v) is 8.84. The molecule has 0 amide bonds. The van der Waals surface area contributed by atoms with Crippen molar-refractivity contribution in [2.75, 3.05) is 14.2 Å². The zero-order valence-electron chi connectivity index (χ0n) is 16.8. The van der Waals surface area contributed by atoms with E-state index in [1.807, 2.05) is 6.07 Å². The minimum absolute atomic E-state index is 0.0854. The number of Topliss-reactive ketones (excluding diaryl/α,β-unsaturated/α-hetero) is 1. The summed E-state index contributed by atoms with van der Waals surface area (Å²) in [5, 5.41) is 0. The lowest BCUT2D eigenvalue weighted by Crippen LogP contribution is -2.57. The van der Waals surface area contributed by atoms with Crippen molar-refractivity contribution < 1.29 is 19.1 Å². The number of ether oxygens (including phenoxy) is 2. The van der Waals surface area contributed by atoms with Gasteiger partial charge in [0.25, 0.3) is 0 Å². The summed E-state index contributed by atoms with van der Waals surface area (Å²) in [6.45, 7) is 8.49. The molecular weight excluding hydrogens is 328 g/mol. The third kappa shape index (κ3) is 2.65. The van der Waals surface area contributed by atoms with Crippen LogP contribution in [0.1, 0.15) is 69.6 Å². The summed E-state index contributed by atoms with van der Waals surface area (Å²) in [5.41, 5.74) is 2.10. The Morgan fingerprint density at radius 1 is 1.19 bits per heavy atom. The fourth-order valence-corrected chi connectivity index (χ4v) is 5.42. The van der Waals surface area contributed by atoms with Crippen molar-refractivity contribution in [3.05, 3.63) is 28.8 Å². The first-order valence-electron chi connectivity index (χ1n) is 9.48. The second-order valence-electron chi connectivity index (χ2n) is 8.84. The Morgan fingerprint density at radius 3 is 2.46 bits per heavy atom. The SMILES string of the molecule is COC(=O)[C@]12CC(=O)CC(C)(C)[C@@H]1CCc1cc(C(C)C)c(OC)cc12. The zero-order valence-corrected chi connectivity index (χ0v) is 16.8. The fourth-order valence-electron chi connectivity index (χ4n) is 5.42. The van der Waals surface area contributed by atoms with Crippen LogP contribution in [0, 0.1) is 11.3 Å². The van der Waals surface area contributed by atoms with E-state index in [4.69, 9.17) is 9.47 Å². The van der Waals surface area contributed by atoms with E-state index < -0.39 is 5.41 Å². The number of rotatable bonds is 3. The van der Waals surface area contributed by atoms with Gasteiger partial charge >= 0.3 is 5.97 Å². The predicted molar refractivity (Wildman–Crippen MR) is 101 cm³/mol. The van der Waals surface area contributed by atoms with Gasteiger partial charge in [-0.3, -0.25) is 9.59 Å². The molecule has 0 unspecified atom stereocenters. The number of esters is 1. The Morgan fingerprint density at radius 2 is 1.88 bits per heavy atom. The van der Waals surface area contributed by atoms with Gasteiger partial charge in [0.1, 0.15) is 16.9 Å². The van der Waals surface area contributed by atoms with E-state index in [1.54, 1.807) is 7.11 Å². The summed E-state index contributed by atoms with van der Waals surface area (Å²) in [6, 6.07) is 4.17. The lowest BCUT2D eigenvalue weighted by atomic mass is 9.49. The number of carbonyl (C=O) groups excluding carboxylic acids is 2. The van der Waals surface area contributed by atoms with Crippen molar-refractivity contribution in [1.82, 2.24) is 0 Å². The molecule has 142 valence electrons. The molecule has 0 heterocycles. The minimum Gasteiger partial charge on any atom is -0.496 e. The maximum atomic E-state index is 13.1. The molecule has 2 atom stereocenters. The number of hydrogen-bond donors (Lipinski definition) is 0. The van der Waals surface area contributed by atoms with Crippen LogP contribution in [0.15, 0.2) is 12.1 Å². The molecule has 1 fully saturated rings. The Balaban J connectivity index is 2.29. The number of methoxy groups -OCH3 is 2. The van der Waals surface area contributed by atoms with Crippen molar-refractivity contribution in [3.8, 4) is 5.75 Å². The highest BCUT2D eigenvalue weighted by molar-refractivity contribution is 5.94. The van der Waals surface area contributed by atoms with Crippen LogP contribution in [0.4, 0.5) is 0 Å². The van der Waals surface area contributed by atoms with Crippen LogP contribution in [0.25, 0.3) is 0 Å². The van der Waals surface area contributed by atoms with E-state index in [9.17, 15) is 9.59 Å². The largest absolute Gasteiger partial charge is 0.496 e. The predicted octanol–water partition coefficient (Wildman–Crippen LogP) is 4.18. The molecule has 1 aromatic carbocycles. The molecule has 0 bridgehead atoms. The molecule has 0 N–H and O–H groups in total. The minimum atomic E-state index is -0.899. The highest BCUT2D eigenvalue weighted by Crippen LogP contribution is 2.57. The summed E-state index contributed by atoms with van der Waals surface area (Å²) in [5.74, 6) is 1.05. The van der Waals surface area contributed by atoms with Crippen LogP contribution in [-0.4, -0.2) is 26.0 Å². The van der Waals surface area contributed by atoms with E-state index in [1.165, 1.54) is 7.11 Å². The van der Waals surface area contributed by atoms with Gasteiger partial charge in [-0.05, 0) is 52.8 Å². The molecule has 0 saturated heterocycles. The molecule has 2 aliphatic rings. The van der Waals surface area contributed by atoms with Crippen LogP contribution in [0.3, 0.4) is 0 Å². The summed E-state index contributed by atoms with van der Waals surface area (Å²) in [7, 11) is 3.09.